The van der Waals surface area contributed by atoms with Gasteiger partial charge in [0.25, 0.3) is 0 Å². The fourth-order valence-corrected chi connectivity index (χ4v) is 4.23. The molecule has 2 aliphatic rings. The fourth-order valence-electron chi connectivity index (χ4n) is 4.23. The van der Waals surface area contributed by atoms with Crippen LogP contribution in [0.2, 0.25) is 0 Å². The van der Waals surface area contributed by atoms with Gasteiger partial charge in [-0.25, -0.2) is 4.98 Å². The zero-order valence-corrected chi connectivity index (χ0v) is 17.7. The minimum Gasteiger partial charge on any atom is -0.399 e. The van der Waals surface area contributed by atoms with Crippen LogP contribution >= 0.6 is 0 Å². The van der Waals surface area contributed by atoms with Crippen LogP contribution in [0.5, 0.6) is 0 Å². The normalized spacial score (nSPS) is 18.0. The Balaban J connectivity index is 1.49. The number of fused-ring (bicyclic) bond motifs is 3. The van der Waals surface area contributed by atoms with Crippen LogP contribution in [-0.4, -0.2) is 25.2 Å². The number of nitrogens with one attached hydrogen (secondary N) is 1. The number of alkyl halides is 3. The Morgan fingerprint density at radius 2 is 2.00 bits per heavy atom. The summed E-state index contributed by atoms with van der Waals surface area (Å²) in [4.78, 5) is 23.6. The molecule has 1 fully saturated rings. The summed E-state index contributed by atoms with van der Waals surface area (Å²) in [6, 6.07) is 3.03. The van der Waals surface area contributed by atoms with E-state index in [4.69, 9.17) is 5.73 Å². The van der Waals surface area contributed by atoms with E-state index in [1.54, 1.807) is 19.3 Å². The quantitative estimate of drug-likeness (QED) is 0.591. The Hall–Kier alpha value is -3.30. The van der Waals surface area contributed by atoms with Crippen molar-refractivity contribution < 1.29 is 18.0 Å². The lowest BCUT2D eigenvalue weighted by atomic mass is 10.0. The molecule has 7 nitrogen and oxygen atoms in total. The molecule has 10 heteroatoms. The van der Waals surface area contributed by atoms with E-state index < -0.39 is 17.8 Å². The average Bonchev–Trinajstić information content (AvgIpc) is 3.13. The number of benzene rings is 1. The van der Waals surface area contributed by atoms with Crippen molar-refractivity contribution in [2.45, 2.75) is 52.0 Å². The van der Waals surface area contributed by atoms with Crippen LogP contribution in [0, 0.1) is 5.41 Å². The number of hydrogen-bond donors (Lipinski definition) is 2. The second-order valence-electron chi connectivity index (χ2n) is 8.96. The van der Waals surface area contributed by atoms with Crippen LogP contribution in [-0.2, 0) is 24.1 Å². The highest BCUT2D eigenvalue weighted by Crippen LogP contribution is 2.48. The smallest absolute Gasteiger partial charge is 0.399 e. The summed E-state index contributed by atoms with van der Waals surface area (Å²) >= 11 is 0. The number of aromatic nitrogens is 3. The number of halogens is 3. The van der Waals surface area contributed by atoms with E-state index in [0.717, 1.165) is 36.2 Å². The summed E-state index contributed by atoms with van der Waals surface area (Å²) in [7, 11) is 0. The number of carbonyl (C=O) groups excluding carboxylic acids is 1. The number of nitrogens with zero attached hydrogens (tertiary/aromatic N) is 4. The van der Waals surface area contributed by atoms with E-state index in [9.17, 15) is 18.0 Å². The van der Waals surface area contributed by atoms with E-state index in [1.807, 2.05) is 16.2 Å². The number of anilines is 2. The van der Waals surface area contributed by atoms with E-state index in [-0.39, 0.29) is 17.0 Å². The first-order valence-corrected chi connectivity index (χ1v) is 10.4. The maximum absolute atomic E-state index is 13.2. The molecule has 1 amide bonds. The van der Waals surface area contributed by atoms with E-state index >= 15 is 0 Å². The van der Waals surface area contributed by atoms with Crippen LogP contribution in [0.25, 0.3) is 5.78 Å². The third-order valence-electron chi connectivity index (χ3n) is 6.41. The molecule has 2 aromatic heterocycles. The van der Waals surface area contributed by atoms with Crippen molar-refractivity contribution in [3.8, 4) is 0 Å². The molecule has 1 aliphatic carbocycles. The maximum Gasteiger partial charge on any atom is 0.416 e. The highest BCUT2D eigenvalue weighted by molar-refractivity contribution is 5.85. The highest BCUT2D eigenvalue weighted by Gasteiger charge is 2.48. The molecule has 5 rings (SSSR count). The molecular weight excluding hydrogens is 421 g/mol. The summed E-state index contributed by atoms with van der Waals surface area (Å²) in [6.45, 7) is 4.56. The second-order valence-corrected chi connectivity index (χ2v) is 8.96. The summed E-state index contributed by atoms with van der Waals surface area (Å²) < 4.78 is 41.6. The number of hydrogen-bond acceptors (Lipinski definition) is 5. The summed E-state index contributed by atoms with van der Waals surface area (Å²) in [5.41, 5.74) is 6.84. The van der Waals surface area contributed by atoms with Crippen molar-refractivity contribution in [3.63, 3.8) is 0 Å². The van der Waals surface area contributed by atoms with Gasteiger partial charge in [-0.3, -0.25) is 9.20 Å². The molecular formula is C22H23F3N6O. The number of rotatable bonds is 4. The van der Waals surface area contributed by atoms with Gasteiger partial charge in [0.05, 0.1) is 30.4 Å². The summed E-state index contributed by atoms with van der Waals surface area (Å²) in [5, 5.41) is 3.23. The first kappa shape index (κ1) is 20.6. The minimum atomic E-state index is -4.49. The predicted octanol–water partition coefficient (Wildman–Crippen LogP) is 4.15. The molecule has 1 atom stereocenters. The Morgan fingerprint density at radius 1 is 1.25 bits per heavy atom. The molecule has 1 aliphatic heterocycles. The maximum atomic E-state index is 13.2. The molecule has 0 unspecified atom stereocenters. The molecule has 1 aromatic carbocycles. The molecule has 0 saturated heterocycles. The van der Waals surface area contributed by atoms with Gasteiger partial charge in [-0.15, -0.1) is 0 Å². The van der Waals surface area contributed by atoms with Crippen LogP contribution < -0.4 is 11.1 Å². The monoisotopic (exact) mass is 444 g/mol. The molecule has 0 bridgehead atoms. The topological polar surface area (TPSA) is 88.5 Å². The van der Waals surface area contributed by atoms with Gasteiger partial charge in [0.15, 0.2) is 0 Å². The lowest BCUT2D eigenvalue weighted by molar-refractivity contribution is -0.138. The molecule has 3 heterocycles. The number of imidazole rings is 1. The van der Waals surface area contributed by atoms with Gasteiger partial charge in [-0.2, -0.15) is 18.2 Å². The van der Waals surface area contributed by atoms with Crippen molar-refractivity contribution >= 4 is 23.2 Å². The second kappa shape index (κ2) is 6.85. The van der Waals surface area contributed by atoms with Crippen molar-refractivity contribution in [2.75, 3.05) is 11.1 Å². The lowest BCUT2D eigenvalue weighted by Crippen LogP contribution is -2.31. The van der Waals surface area contributed by atoms with Crippen molar-refractivity contribution in [1.29, 1.82) is 0 Å². The first-order valence-electron chi connectivity index (χ1n) is 10.4. The average molecular weight is 444 g/mol. The van der Waals surface area contributed by atoms with Gasteiger partial charge >= 0.3 is 6.18 Å². The van der Waals surface area contributed by atoms with Crippen molar-refractivity contribution in [1.82, 2.24) is 19.3 Å². The van der Waals surface area contributed by atoms with Gasteiger partial charge in [-0.05, 0) is 43.5 Å². The standard InChI is InChI=1S/C22H23F3N6O/c1-12(13-7-14(22(23,24)25)9-15(26)8-13)28-18-16-10-30(19(32)21(2)3-4-21)11-17(16)31-6-5-27-20(31)29-18/h5-9,12H,3-4,10-11,26H2,1-2H3,(H,27,28,29)/t12-/m1/s1. The zero-order chi connectivity index (χ0) is 22.8. The fraction of sp³-hybridized carbons (Fsp3) is 0.409. The molecule has 1 saturated carbocycles. The Morgan fingerprint density at radius 3 is 2.69 bits per heavy atom. The number of nitrogen functional groups attached to an aromatic ring is 1. The number of carbonyl (C=O) groups is 1. The molecule has 0 radical (unpaired) electrons. The van der Waals surface area contributed by atoms with Gasteiger partial charge in [0, 0.05) is 29.1 Å². The molecule has 3 N–H and O–H groups in total. The minimum absolute atomic E-state index is 0.0415. The van der Waals surface area contributed by atoms with Crippen LogP contribution in [0.4, 0.5) is 24.7 Å². The zero-order valence-electron chi connectivity index (χ0n) is 17.7. The lowest BCUT2D eigenvalue weighted by Gasteiger charge is -2.20. The highest BCUT2D eigenvalue weighted by atomic mass is 19.4. The largest absolute Gasteiger partial charge is 0.416 e. The van der Waals surface area contributed by atoms with Crippen molar-refractivity contribution in [2.24, 2.45) is 5.41 Å². The van der Waals surface area contributed by atoms with Gasteiger partial charge < -0.3 is 16.0 Å². The third-order valence-corrected chi connectivity index (χ3v) is 6.41. The predicted molar refractivity (Wildman–Crippen MR) is 112 cm³/mol. The Bertz CT molecular complexity index is 1230. The van der Waals surface area contributed by atoms with Crippen LogP contribution in [0.1, 0.15) is 55.1 Å². The molecule has 168 valence electrons. The molecule has 32 heavy (non-hydrogen) atoms. The third kappa shape index (κ3) is 3.43. The van der Waals surface area contributed by atoms with Gasteiger partial charge in [0.1, 0.15) is 5.82 Å². The van der Waals surface area contributed by atoms with Crippen molar-refractivity contribution in [3.05, 3.63) is 53.0 Å². The van der Waals surface area contributed by atoms with Gasteiger partial charge in [0.2, 0.25) is 11.7 Å². The number of nitrogens with two attached hydrogens (primary N) is 1. The molecule has 0 spiro atoms. The number of amides is 1. The van der Waals surface area contributed by atoms with Crippen LogP contribution in [0.3, 0.4) is 0 Å². The Labute approximate surface area is 182 Å². The van der Waals surface area contributed by atoms with E-state index in [0.29, 0.717) is 30.2 Å². The SMILES string of the molecule is C[C@@H](Nc1nc2nccn2c2c1CN(C(=O)C1(C)CC1)C2)c1cc(N)cc(C(F)(F)F)c1. The summed E-state index contributed by atoms with van der Waals surface area (Å²) in [5.74, 6) is 1.10. The Kier molecular flexibility index (Phi) is 4.41. The first-order chi connectivity index (χ1) is 15.0. The van der Waals surface area contributed by atoms with Gasteiger partial charge in [-0.1, -0.05) is 6.92 Å². The van der Waals surface area contributed by atoms with E-state index in [1.165, 1.54) is 6.07 Å². The van der Waals surface area contributed by atoms with E-state index in [2.05, 4.69) is 15.3 Å². The molecule has 3 aromatic rings. The summed E-state index contributed by atoms with van der Waals surface area (Å²) in [6.07, 6.45) is 0.718. The van der Waals surface area contributed by atoms with Crippen LogP contribution in [0.15, 0.2) is 30.6 Å².